The molecule has 0 unspecified atom stereocenters. The Bertz CT molecular complexity index is 1350. The van der Waals surface area contributed by atoms with Gasteiger partial charge in [0.1, 0.15) is 34.2 Å². The quantitative estimate of drug-likeness (QED) is 0.324. The Morgan fingerprint density at radius 1 is 1.18 bits per heavy atom. The highest BCUT2D eigenvalue weighted by atomic mass is 32.1. The summed E-state index contributed by atoms with van der Waals surface area (Å²) >= 11 is 1.40. The average Bonchev–Trinajstić information content (AvgIpc) is 3.46. The number of anilines is 1. The maximum absolute atomic E-state index is 12.8. The number of hydrogen-bond donors (Lipinski definition) is 1. The lowest BCUT2D eigenvalue weighted by atomic mass is 9.96. The molecule has 7 nitrogen and oxygen atoms in total. The summed E-state index contributed by atoms with van der Waals surface area (Å²) in [7, 11) is 1.31. The molecule has 0 fully saturated rings. The van der Waals surface area contributed by atoms with Gasteiger partial charge in [0, 0.05) is 16.5 Å². The van der Waals surface area contributed by atoms with Crippen molar-refractivity contribution in [2.24, 2.45) is 0 Å². The first kappa shape index (κ1) is 22.1. The zero-order chi connectivity index (χ0) is 23.4. The van der Waals surface area contributed by atoms with E-state index in [1.54, 1.807) is 36.4 Å². The van der Waals surface area contributed by atoms with Crippen LogP contribution in [0.2, 0.25) is 0 Å². The molecule has 4 rings (SSSR count). The van der Waals surface area contributed by atoms with E-state index in [1.807, 2.05) is 6.07 Å². The Kier molecular flexibility index (Phi) is 6.39. The molecular formula is C25H19N3O4S. The van der Waals surface area contributed by atoms with Crippen LogP contribution in [0.1, 0.15) is 45.0 Å². The minimum atomic E-state index is -0.599. The zero-order valence-electron chi connectivity index (χ0n) is 17.8. The zero-order valence-corrected chi connectivity index (χ0v) is 18.6. The number of amides is 1. The van der Waals surface area contributed by atoms with Crippen molar-refractivity contribution in [2.75, 3.05) is 12.4 Å². The molecule has 2 heterocycles. The largest absolute Gasteiger partial charge is 0.465 e. The Morgan fingerprint density at radius 2 is 2.00 bits per heavy atom. The van der Waals surface area contributed by atoms with E-state index in [4.69, 9.17) is 9.15 Å². The third-order valence-electron chi connectivity index (χ3n) is 5.36. The van der Waals surface area contributed by atoms with E-state index < -0.39 is 11.9 Å². The number of thiophene rings is 1. The lowest BCUT2D eigenvalue weighted by Gasteiger charge is -2.09. The highest BCUT2D eigenvalue weighted by Gasteiger charge is 2.23. The molecule has 0 saturated heterocycles. The molecule has 33 heavy (non-hydrogen) atoms. The lowest BCUT2D eigenvalue weighted by molar-refractivity contribution is -0.112. The molecule has 0 spiro atoms. The molecule has 0 radical (unpaired) electrons. The van der Waals surface area contributed by atoms with E-state index in [9.17, 15) is 20.1 Å². The van der Waals surface area contributed by atoms with Gasteiger partial charge in [-0.05, 0) is 55.5 Å². The van der Waals surface area contributed by atoms with Crippen LogP contribution in [-0.4, -0.2) is 19.0 Å². The number of rotatable bonds is 5. The summed E-state index contributed by atoms with van der Waals surface area (Å²) in [5.41, 5.74) is 2.40. The summed E-state index contributed by atoms with van der Waals surface area (Å²) < 4.78 is 10.5. The summed E-state index contributed by atoms with van der Waals surface area (Å²) in [6.45, 7) is 0. The number of furan rings is 1. The Balaban J connectivity index is 1.56. The number of carbonyl (C=O) groups excluding carboxylic acids is 2. The van der Waals surface area contributed by atoms with E-state index in [2.05, 4.69) is 11.4 Å². The fourth-order valence-electron chi connectivity index (χ4n) is 3.74. The third-order valence-corrected chi connectivity index (χ3v) is 6.56. The van der Waals surface area contributed by atoms with Crippen LogP contribution in [0.3, 0.4) is 0 Å². The van der Waals surface area contributed by atoms with Gasteiger partial charge >= 0.3 is 5.97 Å². The predicted octanol–water partition coefficient (Wildman–Crippen LogP) is 5.09. The number of nitriles is 2. The molecule has 1 amide bonds. The van der Waals surface area contributed by atoms with E-state index in [0.717, 1.165) is 36.1 Å². The van der Waals surface area contributed by atoms with Crippen LogP contribution < -0.4 is 5.32 Å². The van der Waals surface area contributed by atoms with Gasteiger partial charge in [-0.1, -0.05) is 12.1 Å². The highest BCUT2D eigenvalue weighted by molar-refractivity contribution is 7.16. The average molecular weight is 458 g/mol. The number of nitrogens with zero attached hydrogens (tertiary/aromatic N) is 2. The molecule has 1 N–H and O–H groups in total. The van der Waals surface area contributed by atoms with Crippen LogP contribution in [0.15, 0.2) is 46.4 Å². The number of nitrogens with one attached hydrogen (secondary N) is 1. The van der Waals surface area contributed by atoms with E-state index in [0.29, 0.717) is 33.2 Å². The molecule has 0 aliphatic heterocycles. The Morgan fingerprint density at radius 3 is 2.76 bits per heavy atom. The van der Waals surface area contributed by atoms with Crippen molar-refractivity contribution in [2.45, 2.75) is 25.7 Å². The Hall–Kier alpha value is -4.14. The molecule has 2 aromatic heterocycles. The van der Waals surface area contributed by atoms with Crippen molar-refractivity contribution in [3.8, 4) is 23.5 Å². The summed E-state index contributed by atoms with van der Waals surface area (Å²) in [6, 6.07) is 14.2. The second-order valence-electron chi connectivity index (χ2n) is 7.43. The molecule has 3 aromatic rings. The fourth-order valence-corrected chi connectivity index (χ4v) is 4.97. The lowest BCUT2D eigenvalue weighted by Crippen LogP contribution is -2.13. The fraction of sp³-hybridized carbons (Fsp3) is 0.200. The summed E-state index contributed by atoms with van der Waals surface area (Å²) in [6.07, 6.45) is 5.18. The van der Waals surface area contributed by atoms with Gasteiger partial charge in [0.15, 0.2) is 0 Å². The first-order valence-electron chi connectivity index (χ1n) is 10.3. The summed E-state index contributed by atoms with van der Waals surface area (Å²) in [5, 5.41) is 22.3. The maximum Gasteiger partial charge on any atom is 0.337 e. The third kappa shape index (κ3) is 4.57. The van der Waals surface area contributed by atoms with E-state index in [1.165, 1.54) is 24.5 Å². The van der Waals surface area contributed by atoms with Crippen LogP contribution in [0.25, 0.3) is 17.4 Å². The first-order chi connectivity index (χ1) is 16.0. The predicted molar refractivity (Wildman–Crippen MR) is 123 cm³/mol. The molecular weight excluding hydrogens is 438 g/mol. The number of methoxy groups -OCH3 is 1. The van der Waals surface area contributed by atoms with Crippen LogP contribution >= 0.6 is 11.3 Å². The van der Waals surface area contributed by atoms with Crippen molar-refractivity contribution in [3.63, 3.8) is 0 Å². The van der Waals surface area contributed by atoms with Crippen molar-refractivity contribution >= 4 is 34.3 Å². The van der Waals surface area contributed by atoms with Crippen LogP contribution in [0, 0.1) is 22.7 Å². The van der Waals surface area contributed by atoms with Gasteiger partial charge in [0.05, 0.1) is 18.2 Å². The molecule has 1 aliphatic carbocycles. The standard InChI is InChI=1S/C25H19N3O4S/c1-31-25(30)16-6-4-5-15(11-16)21-10-9-18(32-21)12-17(13-26)23(29)28-24-20(14-27)19-7-2-3-8-22(19)33-24/h4-6,9-12H,2-3,7-8H2,1H3,(H,28,29). The van der Waals surface area contributed by atoms with Crippen molar-refractivity contribution in [1.82, 2.24) is 0 Å². The van der Waals surface area contributed by atoms with Crippen molar-refractivity contribution < 1.29 is 18.7 Å². The highest BCUT2D eigenvalue weighted by Crippen LogP contribution is 2.37. The molecule has 8 heteroatoms. The summed E-state index contributed by atoms with van der Waals surface area (Å²) in [4.78, 5) is 25.6. The Labute approximate surface area is 194 Å². The molecule has 164 valence electrons. The molecule has 0 atom stereocenters. The van der Waals surface area contributed by atoms with Gasteiger partial charge in [0.25, 0.3) is 5.91 Å². The second kappa shape index (κ2) is 9.56. The van der Waals surface area contributed by atoms with Crippen LogP contribution in [0.4, 0.5) is 5.00 Å². The number of esters is 1. The number of fused-ring (bicyclic) bond motifs is 1. The normalized spacial score (nSPS) is 12.9. The van der Waals surface area contributed by atoms with Gasteiger partial charge in [-0.3, -0.25) is 4.79 Å². The molecule has 0 bridgehead atoms. The molecule has 1 aliphatic rings. The maximum atomic E-state index is 12.8. The molecule has 1 aromatic carbocycles. The smallest absolute Gasteiger partial charge is 0.337 e. The van der Waals surface area contributed by atoms with Crippen LogP contribution in [0.5, 0.6) is 0 Å². The van der Waals surface area contributed by atoms with Gasteiger partial charge in [0.2, 0.25) is 0 Å². The first-order valence-corrected chi connectivity index (χ1v) is 11.1. The topological polar surface area (TPSA) is 116 Å². The monoisotopic (exact) mass is 457 g/mol. The number of ether oxygens (including phenoxy) is 1. The van der Waals surface area contributed by atoms with Gasteiger partial charge < -0.3 is 14.5 Å². The number of benzene rings is 1. The summed E-state index contributed by atoms with van der Waals surface area (Å²) in [5.74, 6) is -0.272. The van der Waals surface area contributed by atoms with Crippen molar-refractivity contribution in [1.29, 1.82) is 10.5 Å². The minimum Gasteiger partial charge on any atom is -0.465 e. The van der Waals surface area contributed by atoms with Crippen molar-refractivity contribution in [3.05, 3.63) is 69.3 Å². The van der Waals surface area contributed by atoms with E-state index >= 15 is 0 Å². The van der Waals surface area contributed by atoms with Gasteiger partial charge in [-0.25, -0.2) is 4.79 Å². The van der Waals surface area contributed by atoms with Gasteiger partial charge in [-0.15, -0.1) is 11.3 Å². The molecule has 0 saturated carbocycles. The van der Waals surface area contributed by atoms with Gasteiger partial charge in [-0.2, -0.15) is 10.5 Å². The number of aryl methyl sites for hydroxylation is 1. The number of hydrogen-bond acceptors (Lipinski definition) is 7. The minimum absolute atomic E-state index is 0.144. The van der Waals surface area contributed by atoms with E-state index in [-0.39, 0.29) is 5.57 Å². The number of carbonyl (C=O) groups is 2. The SMILES string of the molecule is COC(=O)c1cccc(-c2ccc(C=C(C#N)C(=O)Nc3sc4c(c3C#N)CCCC4)o2)c1. The van der Waals surface area contributed by atoms with Crippen LogP contribution in [-0.2, 0) is 22.4 Å². The second-order valence-corrected chi connectivity index (χ2v) is 8.53.